The number of amides is 1. The average molecular weight is 523 g/mol. The average Bonchev–Trinajstić information content (AvgIpc) is 3.37. The van der Waals surface area contributed by atoms with E-state index in [0.29, 0.717) is 29.6 Å². The molecule has 10 heteroatoms. The predicted molar refractivity (Wildman–Crippen MR) is 148 cm³/mol. The summed E-state index contributed by atoms with van der Waals surface area (Å²) in [6.07, 6.45) is 7.53. The van der Waals surface area contributed by atoms with Crippen molar-refractivity contribution < 1.29 is 9.53 Å². The van der Waals surface area contributed by atoms with Crippen molar-refractivity contribution in [2.24, 2.45) is 7.05 Å². The Hall–Kier alpha value is -4.86. The summed E-state index contributed by atoms with van der Waals surface area (Å²) in [5.41, 5.74) is 9.91. The van der Waals surface area contributed by atoms with Crippen molar-refractivity contribution in [3.8, 4) is 5.75 Å². The second kappa shape index (κ2) is 11.3. The largest absolute Gasteiger partial charge is 0.492 e. The van der Waals surface area contributed by atoms with E-state index in [-0.39, 0.29) is 12.5 Å². The van der Waals surface area contributed by atoms with E-state index in [1.165, 1.54) is 0 Å². The number of nitrogens with two attached hydrogens (primary N) is 1. The zero-order chi connectivity index (χ0) is 27.4. The first kappa shape index (κ1) is 25.8. The molecule has 0 radical (unpaired) electrons. The first-order valence-electron chi connectivity index (χ1n) is 12.7. The highest BCUT2D eigenvalue weighted by Gasteiger charge is 2.25. The molecule has 198 valence electrons. The molecule has 0 saturated heterocycles. The zero-order valence-corrected chi connectivity index (χ0v) is 22.2. The van der Waals surface area contributed by atoms with Gasteiger partial charge in [0.15, 0.2) is 0 Å². The van der Waals surface area contributed by atoms with Gasteiger partial charge in [-0.1, -0.05) is 0 Å². The highest BCUT2D eigenvalue weighted by atomic mass is 16.5. The van der Waals surface area contributed by atoms with Crippen LogP contribution in [0.2, 0.25) is 0 Å². The van der Waals surface area contributed by atoms with Gasteiger partial charge in [0.1, 0.15) is 17.4 Å². The predicted octanol–water partition coefficient (Wildman–Crippen LogP) is 4.07. The summed E-state index contributed by atoms with van der Waals surface area (Å²) < 4.78 is 7.70. The Bertz CT molecular complexity index is 1580. The highest BCUT2D eigenvalue weighted by Crippen LogP contribution is 2.25. The molecule has 0 aliphatic heterocycles. The fourth-order valence-corrected chi connectivity index (χ4v) is 4.33. The van der Waals surface area contributed by atoms with Gasteiger partial charge in [-0.25, -0.2) is 15.0 Å². The van der Waals surface area contributed by atoms with Crippen LogP contribution < -0.4 is 10.5 Å². The third kappa shape index (κ3) is 5.85. The van der Waals surface area contributed by atoms with Crippen LogP contribution in [0.1, 0.15) is 46.1 Å². The number of aryl methyl sites for hydroxylation is 2. The monoisotopic (exact) mass is 522 g/mol. The number of carbonyl (C=O) groups is 1. The van der Waals surface area contributed by atoms with E-state index in [2.05, 4.69) is 25.0 Å². The molecular weight excluding hydrogens is 492 g/mol. The van der Waals surface area contributed by atoms with E-state index in [9.17, 15) is 4.79 Å². The molecule has 0 saturated carbocycles. The summed E-state index contributed by atoms with van der Waals surface area (Å²) in [4.78, 5) is 33.4. The maximum absolute atomic E-state index is 13.9. The van der Waals surface area contributed by atoms with Crippen molar-refractivity contribution >= 4 is 22.6 Å². The van der Waals surface area contributed by atoms with Gasteiger partial charge in [-0.2, -0.15) is 5.10 Å². The number of benzene rings is 1. The lowest BCUT2D eigenvalue weighted by molar-refractivity contribution is 0.0663. The summed E-state index contributed by atoms with van der Waals surface area (Å²) in [6.45, 7) is 4.59. The first-order valence-corrected chi connectivity index (χ1v) is 12.7. The van der Waals surface area contributed by atoms with E-state index in [0.717, 1.165) is 34.3 Å². The van der Waals surface area contributed by atoms with Gasteiger partial charge < -0.3 is 15.4 Å². The minimum absolute atomic E-state index is 0.162. The van der Waals surface area contributed by atoms with Gasteiger partial charge in [-0.05, 0) is 67.9 Å². The van der Waals surface area contributed by atoms with Crippen LogP contribution in [0.4, 0.5) is 5.82 Å². The van der Waals surface area contributed by atoms with Crippen LogP contribution >= 0.6 is 0 Å². The van der Waals surface area contributed by atoms with Crippen LogP contribution in [0, 0.1) is 6.92 Å². The molecule has 1 atom stereocenters. The van der Waals surface area contributed by atoms with Gasteiger partial charge in [0.05, 0.1) is 36.6 Å². The third-order valence-electron chi connectivity index (χ3n) is 6.66. The summed E-state index contributed by atoms with van der Waals surface area (Å²) >= 11 is 0. The maximum atomic E-state index is 13.9. The van der Waals surface area contributed by atoms with Crippen molar-refractivity contribution in [1.82, 2.24) is 34.6 Å². The topological polar surface area (TPSA) is 125 Å². The number of hydrogen-bond acceptors (Lipinski definition) is 8. The third-order valence-corrected chi connectivity index (χ3v) is 6.66. The molecular formula is C29H30N8O2. The molecule has 39 heavy (non-hydrogen) atoms. The molecule has 4 heterocycles. The molecule has 0 aliphatic carbocycles. The SMILES string of the molecule is Cc1cc2cc(C(=O)N(Cc3ccc(OCCc4ccnn4C)cn3)C(C)c3ncccn3)ccc2nc1N. The number of nitrogens with zero attached hydrogens (tertiary/aromatic N) is 7. The quantitative estimate of drug-likeness (QED) is 0.307. The van der Waals surface area contributed by atoms with Crippen molar-refractivity contribution in [2.45, 2.75) is 32.9 Å². The number of fused-ring (bicyclic) bond motifs is 1. The molecule has 0 fully saturated rings. The second-order valence-corrected chi connectivity index (χ2v) is 9.34. The van der Waals surface area contributed by atoms with Crippen LogP contribution in [0.15, 0.2) is 73.3 Å². The molecule has 1 amide bonds. The van der Waals surface area contributed by atoms with Crippen molar-refractivity contribution in [3.05, 3.63) is 102 Å². The Balaban J connectivity index is 1.36. The summed E-state index contributed by atoms with van der Waals surface area (Å²) in [7, 11) is 1.91. The summed E-state index contributed by atoms with van der Waals surface area (Å²) in [5.74, 6) is 1.53. The zero-order valence-electron chi connectivity index (χ0n) is 22.2. The van der Waals surface area contributed by atoms with E-state index in [1.807, 2.05) is 62.0 Å². The number of hydrogen-bond donors (Lipinski definition) is 1. The van der Waals surface area contributed by atoms with E-state index >= 15 is 0 Å². The summed E-state index contributed by atoms with van der Waals surface area (Å²) in [6, 6.07) is 14.4. The lowest BCUT2D eigenvalue weighted by Gasteiger charge is -2.28. The highest BCUT2D eigenvalue weighted by molar-refractivity contribution is 5.98. The number of nitrogen functional groups attached to an aromatic ring is 1. The lowest BCUT2D eigenvalue weighted by Crippen LogP contribution is -2.34. The van der Waals surface area contributed by atoms with Gasteiger partial charge in [0.25, 0.3) is 5.91 Å². The molecule has 2 N–H and O–H groups in total. The molecule has 1 unspecified atom stereocenters. The van der Waals surface area contributed by atoms with E-state index in [4.69, 9.17) is 10.5 Å². The Labute approximate surface area is 226 Å². The van der Waals surface area contributed by atoms with E-state index in [1.54, 1.807) is 41.8 Å². The van der Waals surface area contributed by atoms with Crippen LogP contribution in [0.3, 0.4) is 0 Å². The molecule has 5 rings (SSSR count). The standard InChI is InChI=1S/C29H30N8O2/c1-19-15-22-16-21(5-8-26(22)35-27(19)30)29(38)37(20(2)28-31-11-4-12-32-28)18-23-6-7-25(17-33-23)39-14-10-24-9-13-34-36(24)3/h4-9,11-13,15-17,20H,10,14,18H2,1-3H3,(H2,30,35). The summed E-state index contributed by atoms with van der Waals surface area (Å²) in [5, 5.41) is 5.02. The number of anilines is 1. The lowest BCUT2D eigenvalue weighted by atomic mass is 10.1. The molecule has 4 aromatic heterocycles. The van der Waals surface area contributed by atoms with Gasteiger partial charge in [0.2, 0.25) is 0 Å². The minimum Gasteiger partial charge on any atom is -0.492 e. The molecule has 10 nitrogen and oxygen atoms in total. The second-order valence-electron chi connectivity index (χ2n) is 9.34. The fraction of sp³-hybridized carbons (Fsp3) is 0.241. The Morgan fingerprint density at radius 2 is 1.90 bits per heavy atom. The minimum atomic E-state index is -0.391. The Morgan fingerprint density at radius 1 is 1.08 bits per heavy atom. The normalized spacial score (nSPS) is 11.9. The van der Waals surface area contributed by atoms with Crippen molar-refractivity contribution in [1.29, 1.82) is 0 Å². The van der Waals surface area contributed by atoms with Crippen molar-refractivity contribution in [2.75, 3.05) is 12.3 Å². The van der Waals surface area contributed by atoms with Crippen LogP contribution in [-0.4, -0.2) is 47.1 Å². The molecule has 1 aromatic carbocycles. The number of ether oxygens (including phenoxy) is 1. The van der Waals surface area contributed by atoms with Crippen LogP contribution in [-0.2, 0) is 20.0 Å². The number of pyridine rings is 2. The van der Waals surface area contributed by atoms with Gasteiger partial charge >= 0.3 is 0 Å². The Morgan fingerprint density at radius 3 is 2.62 bits per heavy atom. The fourth-order valence-electron chi connectivity index (χ4n) is 4.33. The van der Waals surface area contributed by atoms with Gasteiger partial charge in [-0.15, -0.1) is 0 Å². The maximum Gasteiger partial charge on any atom is 0.254 e. The molecule has 0 bridgehead atoms. The Kier molecular flexibility index (Phi) is 7.44. The number of carbonyl (C=O) groups excluding carboxylic acids is 1. The first-order chi connectivity index (χ1) is 18.9. The van der Waals surface area contributed by atoms with E-state index < -0.39 is 6.04 Å². The van der Waals surface area contributed by atoms with Crippen molar-refractivity contribution in [3.63, 3.8) is 0 Å². The smallest absolute Gasteiger partial charge is 0.254 e. The molecule has 0 aliphatic rings. The number of rotatable bonds is 9. The number of aromatic nitrogens is 6. The van der Waals surface area contributed by atoms with Crippen LogP contribution in [0.25, 0.3) is 10.9 Å². The molecule has 0 spiro atoms. The van der Waals surface area contributed by atoms with Gasteiger partial charge in [0, 0.05) is 48.7 Å². The van der Waals surface area contributed by atoms with Crippen LogP contribution in [0.5, 0.6) is 5.75 Å². The van der Waals surface area contributed by atoms with Gasteiger partial charge in [-0.3, -0.25) is 14.5 Å². The molecule has 5 aromatic rings.